The number of hydrogen-bond acceptors (Lipinski definition) is 3. The van der Waals surface area contributed by atoms with Gasteiger partial charge in [0.25, 0.3) is 0 Å². The van der Waals surface area contributed by atoms with Gasteiger partial charge in [-0.2, -0.15) is 0 Å². The van der Waals surface area contributed by atoms with E-state index in [-0.39, 0.29) is 17.9 Å². The highest BCUT2D eigenvalue weighted by Gasteiger charge is 2.28. The maximum absolute atomic E-state index is 12.3. The Kier molecular flexibility index (Phi) is 5.66. The van der Waals surface area contributed by atoms with Crippen molar-refractivity contribution in [2.24, 2.45) is 5.92 Å². The topological polar surface area (TPSA) is 58.6 Å². The van der Waals surface area contributed by atoms with Crippen LogP contribution in [-0.4, -0.2) is 36.6 Å². The highest BCUT2D eigenvalue weighted by molar-refractivity contribution is 6.31. The Morgan fingerprint density at radius 3 is 2.68 bits per heavy atom. The Balaban J connectivity index is 1.90. The van der Waals surface area contributed by atoms with Crippen LogP contribution in [0.3, 0.4) is 0 Å². The Morgan fingerprint density at radius 2 is 2.05 bits per heavy atom. The normalized spacial score (nSPS) is 15.5. The molecule has 120 valence electrons. The molecule has 1 fully saturated rings. The predicted molar refractivity (Wildman–Crippen MR) is 86.1 cm³/mol. The minimum absolute atomic E-state index is 0.0196. The second kappa shape index (κ2) is 7.49. The smallest absolute Gasteiger partial charge is 0.409 e. The molecule has 1 aliphatic heterocycles. The number of nitrogens with zero attached hydrogens (tertiary/aromatic N) is 1. The van der Waals surface area contributed by atoms with Crippen molar-refractivity contribution >= 4 is 29.3 Å². The van der Waals surface area contributed by atoms with Crippen LogP contribution in [0.25, 0.3) is 0 Å². The van der Waals surface area contributed by atoms with E-state index in [9.17, 15) is 9.59 Å². The number of likely N-dealkylation sites (tertiary alicyclic amines) is 1. The third-order valence-corrected chi connectivity index (χ3v) is 4.08. The summed E-state index contributed by atoms with van der Waals surface area (Å²) in [5.41, 5.74) is 1.71. The number of halogens is 1. The fourth-order valence-corrected chi connectivity index (χ4v) is 2.67. The summed E-state index contributed by atoms with van der Waals surface area (Å²) in [4.78, 5) is 25.6. The Labute approximate surface area is 135 Å². The van der Waals surface area contributed by atoms with Crippen molar-refractivity contribution in [3.63, 3.8) is 0 Å². The van der Waals surface area contributed by atoms with Gasteiger partial charge in [-0.15, -0.1) is 0 Å². The molecule has 0 saturated carbocycles. The maximum atomic E-state index is 12.3. The first kappa shape index (κ1) is 16.6. The van der Waals surface area contributed by atoms with Gasteiger partial charge in [0.15, 0.2) is 0 Å². The summed E-state index contributed by atoms with van der Waals surface area (Å²) in [6.07, 6.45) is 0.987. The zero-order valence-corrected chi connectivity index (χ0v) is 13.7. The van der Waals surface area contributed by atoms with Gasteiger partial charge in [0.1, 0.15) is 0 Å². The van der Waals surface area contributed by atoms with Crippen molar-refractivity contribution < 1.29 is 14.3 Å². The fraction of sp³-hybridized carbons (Fsp3) is 0.500. The van der Waals surface area contributed by atoms with E-state index in [0.29, 0.717) is 37.6 Å². The predicted octanol–water partition coefficient (Wildman–Crippen LogP) is 3.46. The van der Waals surface area contributed by atoms with Crippen LogP contribution in [0.5, 0.6) is 0 Å². The molecule has 0 aliphatic carbocycles. The van der Waals surface area contributed by atoms with Crippen LogP contribution in [-0.2, 0) is 9.53 Å². The number of amides is 2. The maximum Gasteiger partial charge on any atom is 0.409 e. The monoisotopic (exact) mass is 324 g/mol. The molecule has 22 heavy (non-hydrogen) atoms. The number of nitrogens with one attached hydrogen (secondary N) is 1. The van der Waals surface area contributed by atoms with Crippen molar-refractivity contribution in [3.05, 3.63) is 28.8 Å². The lowest BCUT2D eigenvalue weighted by Gasteiger charge is -2.30. The quantitative estimate of drug-likeness (QED) is 0.926. The number of ether oxygens (including phenoxy) is 1. The van der Waals surface area contributed by atoms with Gasteiger partial charge in [0.05, 0.1) is 6.61 Å². The molecule has 2 rings (SSSR count). The molecular weight excluding hydrogens is 304 g/mol. The van der Waals surface area contributed by atoms with E-state index in [2.05, 4.69) is 5.32 Å². The summed E-state index contributed by atoms with van der Waals surface area (Å²) in [6, 6.07) is 5.42. The molecule has 1 aromatic carbocycles. The van der Waals surface area contributed by atoms with Crippen LogP contribution in [0, 0.1) is 12.8 Å². The van der Waals surface area contributed by atoms with E-state index in [1.807, 2.05) is 13.0 Å². The first-order chi connectivity index (χ1) is 10.5. The minimum Gasteiger partial charge on any atom is -0.450 e. The van der Waals surface area contributed by atoms with Gasteiger partial charge >= 0.3 is 6.09 Å². The summed E-state index contributed by atoms with van der Waals surface area (Å²) in [5, 5.41) is 3.53. The molecule has 6 heteroatoms. The Bertz CT molecular complexity index is 554. The van der Waals surface area contributed by atoms with Crippen molar-refractivity contribution in [1.29, 1.82) is 0 Å². The van der Waals surface area contributed by atoms with Crippen LogP contribution < -0.4 is 5.32 Å². The molecule has 1 aromatic rings. The Hall–Kier alpha value is -1.75. The molecule has 0 aromatic heterocycles. The second-order valence-electron chi connectivity index (χ2n) is 5.41. The van der Waals surface area contributed by atoms with Crippen molar-refractivity contribution in [2.75, 3.05) is 25.0 Å². The van der Waals surface area contributed by atoms with Crippen molar-refractivity contribution in [3.8, 4) is 0 Å². The average Bonchev–Trinajstić information content (AvgIpc) is 2.51. The van der Waals surface area contributed by atoms with E-state index in [1.54, 1.807) is 24.0 Å². The lowest BCUT2D eigenvalue weighted by atomic mass is 9.96. The molecule has 2 amide bonds. The third-order valence-electron chi connectivity index (χ3n) is 3.85. The van der Waals surface area contributed by atoms with Crippen LogP contribution >= 0.6 is 11.6 Å². The number of carbonyl (C=O) groups excluding carboxylic acids is 2. The van der Waals surface area contributed by atoms with Crippen LogP contribution in [0.15, 0.2) is 18.2 Å². The summed E-state index contributed by atoms with van der Waals surface area (Å²) in [6.45, 7) is 5.17. The zero-order valence-electron chi connectivity index (χ0n) is 12.9. The summed E-state index contributed by atoms with van der Waals surface area (Å²) in [7, 11) is 0. The number of rotatable bonds is 3. The molecule has 1 aliphatic rings. The lowest BCUT2D eigenvalue weighted by Crippen LogP contribution is -2.41. The number of piperidine rings is 1. The van der Waals surface area contributed by atoms with E-state index in [4.69, 9.17) is 16.3 Å². The zero-order chi connectivity index (χ0) is 16.1. The van der Waals surface area contributed by atoms with Gasteiger partial charge in [0.2, 0.25) is 5.91 Å². The Morgan fingerprint density at radius 1 is 1.36 bits per heavy atom. The first-order valence-corrected chi connectivity index (χ1v) is 7.87. The second-order valence-corrected chi connectivity index (χ2v) is 5.85. The largest absolute Gasteiger partial charge is 0.450 e. The molecule has 0 bridgehead atoms. The van der Waals surface area contributed by atoms with E-state index < -0.39 is 0 Å². The minimum atomic E-state index is -0.299. The molecule has 1 saturated heterocycles. The SMILES string of the molecule is CCOC(=O)N1CCC(C(=O)Nc2cc(Cl)ccc2C)CC1. The number of anilines is 1. The van der Waals surface area contributed by atoms with Crippen molar-refractivity contribution in [1.82, 2.24) is 4.90 Å². The van der Waals surface area contributed by atoms with Gasteiger partial charge in [0, 0.05) is 29.7 Å². The summed E-state index contributed by atoms with van der Waals surface area (Å²) in [5.74, 6) is -0.113. The fourth-order valence-electron chi connectivity index (χ4n) is 2.50. The van der Waals surface area contributed by atoms with E-state index in [1.165, 1.54) is 0 Å². The molecule has 0 atom stereocenters. The average molecular weight is 325 g/mol. The number of aryl methyl sites for hydroxylation is 1. The highest BCUT2D eigenvalue weighted by atomic mass is 35.5. The molecule has 0 radical (unpaired) electrons. The molecule has 1 heterocycles. The molecule has 1 N–H and O–H groups in total. The lowest BCUT2D eigenvalue weighted by molar-refractivity contribution is -0.121. The van der Waals surface area contributed by atoms with Crippen LogP contribution in [0.4, 0.5) is 10.5 Å². The van der Waals surface area contributed by atoms with E-state index >= 15 is 0 Å². The van der Waals surface area contributed by atoms with E-state index in [0.717, 1.165) is 11.3 Å². The molecule has 5 nitrogen and oxygen atoms in total. The number of carbonyl (C=O) groups is 2. The molecule has 0 spiro atoms. The van der Waals surface area contributed by atoms with Crippen molar-refractivity contribution in [2.45, 2.75) is 26.7 Å². The first-order valence-electron chi connectivity index (χ1n) is 7.50. The number of benzene rings is 1. The van der Waals surface area contributed by atoms with Crippen LogP contribution in [0.2, 0.25) is 5.02 Å². The summed E-state index contributed by atoms with van der Waals surface area (Å²) < 4.78 is 4.97. The van der Waals surface area contributed by atoms with Gasteiger partial charge < -0.3 is 15.0 Å². The highest BCUT2D eigenvalue weighted by Crippen LogP contribution is 2.23. The standard InChI is InChI=1S/C16H21ClN2O3/c1-3-22-16(21)19-8-6-12(7-9-19)15(20)18-14-10-13(17)5-4-11(14)2/h4-5,10,12H,3,6-9H2,1-2H3,(H,18,20). The van der Waals surface area contributed by atoms with Gasteiger partial charge in [-0.05, 0) is 44.4 Å². The van der Waals surface area contributed by atoms with Gasteiger partial charge in [-0.1, -0.05) is 17.7 Å². The molecular formula is C16H21ClN2O3. The molecule has 0 unspecified atom stereocenters. The van der Waals surface area contributed by atoms with Crippen LogP contribution in [0.1, 0.15) is 25.3 Å². The third kappa shape index (κ3) is 4.13. The summed E-state index contributed by atoms with van der Waals surface area (Å²) >= 11 is 5.96. The van der Waals surface area contributed by atoms with Gasteiger partial charge in [-0.25, -0.2) is 4.79 Å². The van der Waals surface area contributed by atoms with Gasteiger partial charge in [-0.3, -0.25) is 4.79 Å². The number of hydrogen-bond donors (Lipinski definition) is 1.